The SMILES string of the molecule is C#CCN1C(=O)C(O)(C(C)C(=O)c2ccc(Cl)cc2)c2ccccc21. The molecule has 5 heteroatoms. The van der Waals surface area contributed by atoms with Gasteiger partial charge in [0.15, 0.2) is 11.4 Å². The van der Waals surface area contributed by atoms with Crippen molar-refractivity contribution in [3.63, 3.8) is 0 Å². The highest BCUT2D eigenvalue weighted by atomic mass is 35.5. The van der Waals surface area contributed by atoms with Crippen LogP contribution in [-0.4, -0.2) is 23.3 Å². The third-order valence-electron chi connectivity index (χ3n) is 4.57. The minimum atomic E-state index is -1.95. The van der Waals surface area contributed by atoms with E-state index >= 15 is 0 Å². The number of carbonyl (C=O) groups is 2. The fraction of sp³-hybridized carbons (Fsp3) is 0.200. The van der Waals surface area contributed by atoms with Gasteiger partial charge < -0.3 is 5.11 Å². The van der Waals surface area contributed by atoms with E-state index in [9.17, 15) is 14.7 Å². The number of para-hydroxylation sites is 1. The van der Waals surface area contributed by atoms with E-state index in [1.165, 1.54) is 4.90 Å². The van der Waals surface area contributed by atoms with Crippen LogP contribution in [0.15, 0.2) is 48.5 Å². The highest BCUT2D eigenvalue weighted by Gasteiger charge is 2.55. The lowest BCUT2D eigenvalue weighted by Gasteiger charge is -2.28. The normalized spacial score (nSPS) is 20.1. The van der Waals surface area contributed by atoms with E-state index in [-0.39, 0.29) is 12.3 Å². The van der Waals surface area contributed by atoms with Gasteiger partial charge in [0.25, 0.3) is 5.91 Å². The van der Waals surface area contributed by atoms with E-state index < -0.39 is 17.4 Å². The summed E-state index contributed by atoms with van der Waals surface area (Å²) in [7, 11) is 0. The number of aliphatic hydroxyl groups is 1. The fourth-order valence-electron chi connectivity index (χ4n) is 3.18. The molecule has 0 aromatic heterocycles. The molecule has 0 fully saturated rings. The minimum Gasteiger partial charge on any atom is -0.375 e. The van der Waals surface area contributed by atoms with Crippen LogP contribution in [0.5, 0.6) is 0 Å². The van der Waals surface area contributed by atoms with Crippen molar-refractivity contribution in [2.24, 2.45) is 5.92 Å². The maximum atomic E-state index is 12.9. The molecular weight excluding hydrogens is 338 g/mol. The van der Waals surface area contributed by atoms with Crippen molar-refractivity contribution in [1.29, 1.82) is 0 Å². The molecular formula is C20H16ClNO3. The van der Waals surface area contributed by atoms with Crippen LogP contribution >= 0.6 is 11.6 Å². The smallest absolute Gasteiger partial charge is 0.265 e. The lowest BCUT2D eigenvalue weighted by atomic mass is 9.79. The Morgan fingerprint density at radius 3 is 2.56 bits per heavy atom. The maximum Gasteiger partial charge on any atom is 0.265 e. The number of ketones is 1. The molecule has 1 N–H and O–H groups in total. The molecule has 1 heterocycles. The van der Waals surface area contributed by atoms with Gasteiger partial charge in [-0.1, -0.05) is 42.6 Å². The van der Waals surface area contributed by atoms with E-state index in [0.29, 0.717) is 21.8 Å². The Labute approximate surface area is 151 Å². The largest absolute Gasteiger partial charge is 0.375 e. The number of Topliss-reactive ketones (excluding diaryl/α,β-unsaturated/α-hetero) is 1. The zero-order chi connectivity index (χ0) is 18.2. The molecule has 0 aliphatic carbocycles. The second kappa shape index (κ2) is 6.36. The number of fused-ring (bicyclic) bond motifs is 1. The van der Waals surface area contributed by atoms with Crippen LogP contribution in [0, 0.1) is 18.3 Å². The lowest BCUT2D eigenvalue weighted by molar-refractivity contribution is -0.139. The van der Waals surface area contributed by atoms with Crippen LogP contribution in [0.25, 0.3) is 0 Å². The first kappa shape index (κ1) is 17.2. The summed E-state index contributed by atoms with van der Waals surface area (Å²) in [6, 6.07) is 13.2. The summed E-state index contributed by atoms with van der Waals surface area (Å²) in [4.78, 5) is 27.1. The Morgan fingerprint density at radius 2 is 1.92 bits per heavy atom. The van der Waals surface area contributed by atoms with Gasteiger partial charge in [-0.25, -0.2) is 0 Å². The number of terminal acetylenes is 1. The van der Waals surface area contributed by atoms with E-state index in [1.807, 2.05) is 0 Å². The number of benzene rings is 2. The number of nitrogens with zero attached hydrogens (tertiary/aromatic N) is 1. The minimum absolute atomic E-state index is 0.0278. The fourth-order valence-corrected chi connectivity index (χ4v) is 3.31. The molecule has 0 saturated heterocycles. The van der Waals surface area contributed by atoms with E-state index in [0.717, 1.165) is 0 Å². The van der Waals surface area contributed by atoms with Crippen molar-refractivity contribution < 1.29 is 14.7 Å². The van der Waals surface area contributed by atoms with Gasteiger partial charge in [0.05, 0.1) is 18.2 Å². The topological polar surface area (TPSA) is 57.6 Å². The third-order valence-corrected chi connectivity index (χ3v) is 4.83. The second-order valence-electron chi connectivity index (χ2n) is 5.97. The molecule has 0 spiro atoms. The Balaban J connectivity index is 2.05. The predicted octanol–water partition coefficient (Wildman–Crippen LogP) is 3.03. The Bertz CT molecular complexity index is 885. The molecule has 1 amide bonds. The van der Waals surface area contributed by atoms with Crippen molar-refractivity contribution in [3.05, 3.63) is 64.7 Å². The summed E-state index contributed by atoms with van der Waals surface area (Å²) in [5, 5.41) is 11.8. The quantitative estimate of drug-likeness (QED) is 0.679. The number of hydrogen-bond donors (Lipinski definition) is 1. The lowest BCUT2D eigenvalue weighted by Crippen LogP contribution is -2.47. The van der Waals surface area contributed by atoms with Gasteiger partial charge in [-0.05, 0) is 30.3 Å². The number of hydrogen-bond acceptors (Lipinski definition) is 3. The van der Waals surface area contributed by atoms with Gasteiger partial charge in [-0.2, -0.15) is 0 Å². The van der Waals surface area contributed by atoms with Gasteiger partial charge in [-0.3, -0.25) is 14.5 Å². The summed E-state index contributed by atoms with van der Waals surface area (Å²) in [6.45, 7) is 1.57. The summed E-state index contributed by atoms with van der Waals surface area (Å²) < 4.78 is 0. The molecule has 2 atom stereocenters. The first-order valence-corrected chi connectivity index (χ1v) is 8.16. The van der Waals surface area contributed by atoms with Crippen LogP contribution in [-0.2, 0) is 10.4 Å². The van der Waals surface area contributed by atoms with Crippen molar-refractivity contribution in [3.8, 4) is 12.3 Å². The summed E-state index contributed by atoms with van der Waals surface area (Å²) in [6.07, 6.45) is 5.35. The molecule has 0 saturated carbocycles. The molecule has 4 nitrogen and oxygen atoms in total. The highest BCUT2D eigenvalue weighted by molar-refractivity contribution is 6.30. The second-order valence-corrected chi connectivity index (χ2v) is 6.41. The summed E-state index contributed by atoms with van der Waals surface area (Å²) in [5.74, 6) is 0.513. The average Bonchev–Trinajstić information content (AvgIpc) is 2.84. The molecule has 3 rings (SSSR count). The zero-order valence-corrected chi connectivity index (χ0v) is 14.3. The molecule has 126 valence electrons. The molecule has 1 aliphatic heterocycles. The monoisotopic (exact) mass is 353 g/mol. The number of anilines is 1. The van der Waals surface area contributed by atoms with Crippen LogP contribution in [0.2, 0.25) is 5.02 Å². The molecule has 0 radical (unpaired) electrons. The van der Waals surface area contributed by atoms with Crippen LogP contribution in [0.3, 0.4) is 0 Å². The summed E-state index contributed by atoms with van der Waals surface area (Å²) >= 11 is 5.85. The third kappa shape index (κ3) is 2.62. The maximum absolute atomic E-state index is 12.9. The first-order valence-electron chi connectivity index (χ1n) is 7.78. The standard InChI is InChI=1S/C20H16ClNO3/c1-3-12-22-17-7-5-4-6-16(17)20(25,19(22)24)13(2)18(23)14-8-10-15(21)11-9-14/h1,4-11,13,25H,12H2,2H3. The van der Waals surface area contributed by atoms with E-state index in [2.05, 4.69) is 5.92 Å². The Morgan fingerprint density at radius 1 is 1.28 bits per heavy atom. The Kier molecular flexibility index (Phi) is 4.38. The van der Waals surface area contributed by atoms with Gasteiger partial charge in [0.1, 0.15) is 0 Å². The first-order chi connectivity index (χ1) is 11.9. The van der Waals surface area contributed by atoms with Crippen LogP contribution in [0.1, 0.15) is 22.8 Å². The van der Waals surface area contributed by atoms with Crippen LogP contribution in [0.4, 0.5) is 5.69 Å². The molecule has 2 unspecified atom stereocenters. The number of halogens is 1. The van der Waals surface area contributed by atoms with Gasteiger partial charge >= 0.3 is 0 Å². The molecule has 2 aromatic carbocycles. The number of amides is 1. The van der Waals surface area contributed by atoms with E-state index in [1.54, 1.807) is 55.5 Å². The average molecular weight is 354 g/mol. The molecule has 0 bridgehead atoms. The number of rotatable bonds is 4. The van der Waals surface area contributed by atoms with Crippen molar-refractivity contribution in [2.75, 3.05) is 11.4 Å². The number of carbonyl (C=O) groups excluding carboxylic acids is 2. The van der Waals surface area contributed by atoms with Gasteiger partial charge in [0, 0.05) is 16.1 Å². The van der Waals surface area contributed by atoms with Crippen molar-refractivity contribution in [2.45, 2.75) is 12.5 Å². The van der Waals surface area contributed by atoms with E-state index in [4.69, 9.17) is 18.0 Å². The van der Waals surface area contributed by atoms with Crippen molar-refractivity contribution >= 4 is 29.0 Å². The van der Waals surface area contributed by atoms with Gasteiger partial charge in [0.2, 0.25) is 0 Å². The molecule has 1 aliphatic rings. The predicted molar refractivity (Wildman–Crippen MR) is 96.5 cm³/mol. The highest BCUT2D eigenvalue weighted by Crippen LogP contribution is 2.45. The Hall–Kier alpha value is -2.61. The van der Waals surface area contributed by atoms with Crippen molar-refractivity contribution in [1.82, 2.24) is 0 Å². The molecule has 2 aromatic rings. The van der Waals surface area contributed by atoms with Gasteiger partial charge in [-0.15, -0.1) is 6.42 Å². The van der Waals surface area contributed by atoms with Crippen LogP contribution < -0.4 is 4.90 Å². The zero-order valence-electron chi connectivity index (χ0n) is 13.6. The molecule has 25 heavy (non-hydrogen) atoms. The summed E-state index contributed by atoms with van der Waals surface area (Å²) in [5.41, 5.74) is -0.649.